The standard InChI is InChI=1S/C17H15ClN2O/c18-14-6-7-16(19-12-14)17-15-5-2-1-4-13(15)8-10-20(17)9-3-11-21/h1-7,9,11-12,17H,8,10H2. The second-order valence-corrected chi connectivity index (χ2v) is 5.40. The number of fused-ring (bicyclic) bond motifs is 1. The summed E-state index contributed by atoms with van der Waals surface area (Å²) in [6, 6.07) is 12.2. The Morgan fingerprint density at radius 3 is 2.86 bits per heavy atom. The van der Waals surface area contributed by atoms with Crippen LogP contribution in [0.3, 0.4) is 0 Å². The maximum absolute atomic E-state index is 10.6. The van der Waals surface area contributed by atoms with E-state index in [1.165, 1.54) is 17.2 Å². The summed E-state index contributed by atoms with van der Waals surface area (Å²) in [6.07, 6.45) is 6.78. The van der Waals surface area contributed by atoms with Crippen LogP contribution in [0.25, 0.3) is 0 Å². The number of nitrogens with zero attached hydrogens (tertiary/aromatic N) is 2. The molecule has 0 radical (unpaired) electrons. The monoisotopic (exact) mass is 298 g/mol. The molecule has 2 heterocycles. The third kappa shape index (κ3) is 2.83. The molecule has 0 spiro atoms. The highest BCUT2D eigenvalue weighted by Gasteiger charge is 2.27. The molecular weight excluding hydrogens is 284 g/mol. The van der Waals surface area contributed by atoms with Crippen LogP contribution in [-0.2, 0) is 11.2 Å². The Labute approximate surface area is 128 Å². The topological polar surface area (TPSA) is 33.2 Å². The van der Waals surface area contributed by atoms with Crippen molar-refractivity contribution in [3.8, 4) is 0 Å². The third-order valence-corrected chi connectivity index (χ3v) is 3.93. The molecule has 21 heavy (non-hydrogen) atoms. The zero-order valence-corrected chi connectivity index (χ0v) is 12.2. The van der Waals surface area contributed by atoms with Gasteiger partial charge >= 0.3 is 0 Å². The molecule has 0 N–H and O–H groups in total. The van der Waals surface area contributed by atoms with Crippen molar-refractivity contribution in [3.05, 3.63) is 76.7 Å². The molecule has 106 valence electrons. The molecule has 1 atom stereocenters. The van der Waals surface area contributed by atoms with Crippen molar-refractivity contribution in [1.82, 2.24) is 9.88 Å². The Morgan fingerprint density at radius 2 is 2.10 bits per heavy atom. The van der Waals surface area contributed by atoms with E-state index >= 15 is 0 Å². The number of aldehydes is 1. The molecule has 0 aliphatic carbocycles. The van der Waals surface area contributed by atoms with E-state index in [0.717, 1.165) is 24.9 Å². The minimum atomic E-state index is 0.0171. The second-order valence-electron chi connectivity index (χ2n) is 4.97. The van der Waals surface area contributed by atoms with Gasteiger partial charge in [-0.1, -0.05) is 35.9 Å². The molecular formula is C17H15ClN2O. The van der Waals surface area contributed by atoms with E-state index in [4.69, 9.17) is 11.6 Å². The van der Waals surface area contributed by atoms with Crippen molar-refractivity contribution in [2.24, 2.45) is 0 Å². The molecule has 1 aromatic carbocycles. The van der Waals surface area contributed by atoms with Crippen LogP contribution in [0, 0.1) is 0 Å². The van der Waals surface area contributed by atoms with Crippen molar-refractivity contribution in [2.75, 3.05) is 6.54 Å². The first-order chi connectivity index (χ1) is 10.3. The SMILES string of the molecule is O=CC=CN1CCc2ccccc2C1c1ccc(Cl)cn1. The van der Waals surface area contributed by atoms with Crippen LogP contribution in [0.15, 0.2) is 54.9 Å². The highest BCUT2D eigenvalue weighted by molar-refractivity contribution is 6.30. The molecule has 1 aliphatic heterocycles. The Balaban J connectivity index is 2.07. The Morgan fingerprint density at radius 1 is 1.24 bits per heavy atom. The van der Waals surface area contributed by atoms with Gasteiger partial charge < -0.3 is 4.90 Å². The fourth-order valence-electron chi connectivity index (χ4n) is 2.77. The zero-order valence-electron chi connectivity index (χ0n) is 11.4. The number of pyridine rings is 1. The molecule has 3 rings (SSSR count). The maximum Gasteiger partial charge on any atom is 0.144 e. The van der Waals surface area contributed by atoms with Crippen LogP contribution in [0.1, 0.15) is 22.9 Å². The van der Waals surface area contributed by atoms with Gasteiger partial charge in [0.1, 0.15) is 6.29 Å². The quantitative estimate of drug-likeness (QED) is 0.643. The molecule has 0 saturated carbocycles. The number of carbonyl (C=O) groups is 1. The van der Waals surface area contributed by atoms with Gasteiger partial charge in [0, 0.05) is 18.9 Å². The van der Waals surface area contributed by atoms with Gasteiger partial charge in [0.05, 0.1) is 16.8 Å². The summed E-state index contributed by atoms with van der Waals surface area (Å²) < 4.78 is 0. The van der Waals surface area contributed by atoms with E-state index in [0.29, 0.717) is 5.02 Å². The highest BCUT2D eigenvalue weighted by atomic mass is 35.5. The van der Waals surface area contributed by atoms with Crippen molar-refractivity contribution < 1.29 is 4.79 Å². The minimum Gasteiger partial charge on any atom is -0.364 e. The lowest BCUT2D eigenvalue weighted by atomic mass is 9.90. The number of carbonyl (C=O) groups excluding carboxylic acids is 1. The van der Waals surface area contributed by atoms with Crippen LogP contribution in [0.5, 0.6) is 0 Å². The van der Waals surface area contributed by atoms with Gasteiger partial charge in [-0.2, -0.15) is 0 Å². The fourth-order valence-corrected chi connectivity index (χ4v) is 2.88. The van der Waals surface area contributed by atoms with Crippen LogP contribution >= 0.6 is 11.6 Å². The van der Waals surface area contributed by atoms with Crippen LogP contribution in [0.2, 0.25) is 5.02 Å². The predicted octanol–water partition coefficient (Wildman–Crippen LogP) is 3.40. The lowest BCUT2D eigenvalue weighted by Crippen LogP contribution is -2.32. The summed E-state index contributed by atoms with van der Waals surface area (Å²) in [5.41, 5.74) is 3.49. The molecule has 1 aliphatic rings. The summed E-state index contributed by atoms with van der Waals surface area (Å²) in [5.74, 6) is 0. The average molecular weight is 299 g/mol. The number of halogens is 1. The van der Waals surface area contributed by atoms with Gasteiger partial charge in [-0.3, -0.25) is 9.78 Å². The molecule has 3 nitrogen and oxygen atoms in total. The molecule has 0 bridgehead atoms. The van der Waals surface area contributed by atoms with Gasteiger partial charge in [0.25, 0.3) is 0 Å². The van der Waals surface area contributed by atoms with Gasteiger partial charge in [0.15, 0.2) is 0 Å². The molecule has 1 aromatic heterocycles. The number of rotatable bonds is 3. The van der Waals surface area contributed by atoms with Crippen molar-refractivity contribution in [3.63, 3.8) is 0 Å². The summed E-state index contributed by atoms with van der Waals surface area (Å²) in [5, 5.41) is 0.623. The van der Waals surface area contributed by atoms with Crippen molar-refractivity contribution >= 4 is 17.9 Å². The van der Waals surface area contributed by atoms with E-state index in [9.17, 15) is 4.79 Å². The van der Waals surface area contributed by atoms with Crippen LogP contribution in [0.4, 0.5) is 0 Å². The molecule has 2 aromatic rings. The molecule has 0 amide bonds. The van der Waals surface area contributed by atoms with Gasteiger partial charge in [-0.15, -0.1) is 0 Å². The smallest absolute Gasteiger partial charge is 0.144 e. The van der Waals surface area contributed by atoms with E-state index in [1.54, 1.807) is 6.20 Å². The van der Waals surface area contributed by atoms with E-state index in [1.807, 2.05) is 24.4 Å². The first-order valence-electron chi connectivity index (χ1n) is 6.86. The third-order valence-electron chi connectivity index (χ3n) is 3.71. The lowest BCUT2D eigenvalue weighted by molar-refractivity contribution is -0.104. The van der Waals surface area contributed by atoms with E-state index < -0.39 is 0 Å². The van der Waals surface area contributed by atoms with Crippen LogP contribution < -0.4 is 0 Å². The first-order valence-corrected chi connectivity index (χ1v) is 7.24. The van der Waals surface area contributed by atoms with Crippen LogP contribution in [-0.4, -0.2) is 22.7 Å². The number of aromatic nitrogens is 1. The fraction of sp³-hybridized carbons (Fsp3) is 0.176. The van der Waals surface area contributed by atoms with Gasteiger partial charge in [-0.25, -0.2) is 0 Å². The minimum absolute atomic E-state index is 0.0171. The number of benzene rings is 1. The predicted molar refractivity (Wildman–Crippen MR) is 83.1 cm³/mol. The Hall–Kier alpha value is -2.13. The average Bonchev–Trinajstić information content (AvgIpc) is 2.53. The summed E-state index contributed by atoms with van der Waals surface area (Å²) in [6.45, 7) is 0.857. The second kappa shape index (κ2) is 6.10. The summed E-state index contributed by atoms with van der Waals surface area (Å²) >= 11 is 5.93. The normalized spacial score (nSPS) is 17.8. The Kier molecular flexibility index (Phi) is 4.02. The van der Waals surface area contributed by atoms with E-state index in [-0.39, 0.29) is 6.04 Å². The highest BCUT2D eigenvalue weighted by Crippen LogP contribution is 2.34. The first kappa shape index (κ1) is 13.8. The van der Waals surface area contributed by atoms with E-state index in [2.05, 4.69) is 28.1 Å². The molecule has 4 heteroatoms. The number of allylic oxidation sites excluding steroid dienone is 1. The summed E-state index contributed by atoms with van der Waals surface area (Å²) in [7, 11) is 0. The summed E-state index contributed by atoms with van der Waals surface area (Å²) in [4.78, 5) is 17.2. The van der Waals surface area contributed by atoms with Crippen molar-refractivity contribution in [1.29, 1.82) is 0 Å². The van der Waals surface area contributed by atoms with Crippen molar-refractivity contribution in [2.45, 2.75) is 12.5 Å². The number of hydrogen-bond acceptors (Lipinski definition) is 3. The number of hydrogen-bond donors (Lipinski definition) is 0. The molecule has 0 fully saturated rings. The molecule has 0 saturated heterocycles. The molecule has 1 unspecified atom stereocenters. The lowest BCUT2D eigenvalue weighted by Gasteiger charge is -2.36. The maximum atomic E-state index is 10.6. The van der Waals surface area contributed by atoms with Gasteiger partial charge in [0.2, 0.25) is 0 Å². The largest absolute Gasteiger partial charge is 0.364 e. The Bertz CT molecular complexity index is 667. The zero-order chi connectivity index (χ0) is 14.7. The van der Waals surface area contributed by atoms with Gasteiger partial charge in [-0.05, 0) is 35.8 Å².